The summed E-state index contributed by atoms with van der Waals surface area (Å²) in [5.41, 5.74) is 5.71. The van der Waals surface area contributed by atoms with Crippen LogP contribution < -0.4 is 11.1 Å². The molecule has 3 N–H and O–H groups in total. The molecule has 0 amide bonds. The van der Waals surface area contributed by atoms with Crippen molar-refractivity contribution in [2.75, 3.05) is 45.8 Å². The summed E-state index contributed by atoms with van der Waals surface area (Å²) in [6, 6.07) is 0.133. The minimum absolute atomic E-state index is 0.0472. The average molecular weight is 321 g/mol. The first-order valence-electron chi connectivity index (χ1n) is 6.25. The molecular weight excluding hydrogens is 298 g/mol. The molecule has 0 aliphatic heterocycles. The molecule has 0 aliphatic rings. The number of rotatable bonds is 7. The molecule has 116 valence electrons. The van der Waals surface area contributed by atoms with Gasteiger partial charge in [-0.25, -0.2) is 12.7 Å². The third-order valence-corrected chi connectivity index (χ3v) is 5.61. The largest absolute Gasteiger partial charge is 0.382 e. The fraction of sp³-hybridized carbons (Fsp3) is 0.727. The number of nitrogens with two attached hydrogens (primary N) is 1. The summed E-state index contributed by atoms with van der Waals surface area (Å²) in [6.45, 7) is 2.92. The minimum atomic E-state index is -3.59. The standard InChI is InChI=1S/C11H23N5O2S2/c1-8(6-7-15(2)3)13-11-9(10(12)14-19-11)20(17,18)16(4)5/h8,13H,6-7H2,1-5H3,(H2,12,14). The van der Waals surface area contributed by atoms with E-state index in [1.807, 2.05) is 21.0 Å². The normalized spacial score (nSPS) is 13.9. The molecule has 0 saturated carbocycles. The summed E-state index contributed by atoms with van der Waals surface area (Å²) < 4.78 is 29.6. The second-order valence-corrected chi connectivity index (χ2v) is 8.01. The molecule has 0 spiro atoms. The number of nitrogens with zero attached hydrogens (tertiary/aromatic N) is 3. The lowest BCUT2D eigenvalue weighted by Crippen LogP contribution is -2.26. The highest BCUT2D eigenvalue weighted by Crippen LogP contribution is 2.33. The van der Waals surface area contributed by atoms with E-state index in [-0.39, 0.29) is 16.8 Å². The molecule has 0 aromatic carbocycles. The van der Waals surface area contributed by atoms with Gasteiger partial charge in [-0.15, -0.1) is 0 Å². The third kappa shape index (κ3) is 4.05. The Bertz CT molecular complexity index is 539. The number of nitrogen functional groups attached to an aromatic ring is 1. The van der Waals surface area contributed by atoms with E-state index in [2.05, 4.69) is 14.6 Å². The number of sulfonamides is 1. The summed E-state index contributed by atoms with van der Waals surface area (Å²) in [5, 5.41) is 3.69. The maximum atomic E-state index is 12.2. The summed E-state index contributed by atoms with van der Waals surface area (Å²) >= 11 is 1.08. The second kappa shape index (κ2) is 6.70. The Labute approximate surface area is 125 Å². The van der Waals surface area contributed by atoms with E-state index in [9.17, 15) is 8.42 Å². The summed E-state index contributed by atoms with van der Waals surface area (Å²) in [4.78, 5) is 2.15. The first-order valence-corrected chi connectivity index (χ1v) is 8.46. The van der Waals surface area contributed by atoms with Gasteiger partial charge in [0, 0.05) is 20.1 Å². The van der Waals surface area contributed by atoms with Crippen LogP contribution in [0.25, 0.3) is 0 Å². The lowest BCUT2D eigenvalue weighted by Gasteiger charge is -2.18. The zero-order chi connectivity index (χ0) is 15.5. The van der Waals surface area contributed by atoms with Crippen molar-refractivity contribution in [3.8, 4) is 0 Å². The first kappa shape index (κ1) is 17.2. The van der Waals surface area contributed by atoms with E-state index in [1.54, 1.807) is 0 Å². The summed E-state index contributed by atoms with van der Waals surface area (Å²) in [5.74, 6) is 0.0472. The van der Waals surface area contributed by atoms with Crippen LogP contribution in [0.4, 0.5) is 10.8 Å². The lowest BCUT2D eigenvalue weighted by molar-refractivity contribution is 0.390. The predicted octanol–water partition coefficient (Wildman–Crippen LogP) is 0.728. The first-order chi connectivity index (χ1) is 9.16. The molecule has 1 aromatic heterocycles. The third-order valence-electron chi connectivity index (χ3n) is 2.80. The molecule has 1 atom stereocenters. The molecule has 0 saturated heterocycles. The van der Waals surface area contributed by atoms with Crippen LogP contribution in [0.5, 0.6) is 0 Å². The molecular formula is C11H23N5O2S2. The number of aromatic nitrogens is 1. The Morgan fingerprint density at radius 3 is 2.45 bits per heavy atom. The van der Waals surface area contributed by atoms with Crippen LogP contribution in [0.3, 0.4) is 0 Å². The topological polar surface area (TPSA) is 91.6 Å². The van der Waals surface area contributed by atoms with Gasteiger partial charge in [-0.05, 0) is 45.5 Å². The Morgan fingerprint density at radius 2 is 1.95 bits per heavy atom. The molecule has 9 heteroatoms. The van der Waals surface area contributed by atoms with Gasteiger partial charge in [-0.1, -0.05) is 0 Å². The van der Waals surface area contributed by atoms with E-state index in [0.29, 0.717) is 5.00 Å². The van der Waals surface area contributed by atoms with Crippen molar-refractivity contribution in [1.82, 2.24) is 13.6 Å². The molecule has 7 nitrogen and oxygen atoms in total. The Hall–Kier alpha value is -0.900. The highest BCUT2D eigenvalue weighted by Gasteiger charge is 2.28. The maximum absolute atomic E-state index is 12.2. The molecule has 0 bridgehead atoms. The molecule has 0 aliphatic carbocycles. The van der Waals surface area contributed by atoms with Gasteiger partial charge in [0.15, 0.2) is 10.7 Å². The number of anilines is 2. The van der Waals surface area contributed by atoms with Gasteiger partial charge in [-0.2, -0.15) is 4.37 Å². The molecule has 0 radical (unpaired) electrons. The van der Waals surface area contributed by atoms with Gasteiger partial charge in [0.1, 0.15) is 5.00 Å². The molecule has 1 unspecified atom stereocenters. The Morgan fingerprint density at radius 1 is 1.35 bits per heavy atom. The van der Waals surface area contributed by atoms with E-state index in [1.165, 1.54) is 14.1 Å². The highest BCUT2D eigenvalue weighted by atomic mass is 32.2. The highest BCUT2D eigenvalue weighted by molar-refractivity contribution is 7.89. The zero-order valence-electron chi connectivity index (χ0n) is 12.5. The zero-order valence-corrected chi connectivity index (χ0v) is 14.2. The van der Waals surface area contributed by atoms with Crippen molar-refractivity contribution in [3.05, 3.63) is 0 Å². The number of hydrogen-bond donors (Lipinski definition) is 2. The van der Waals surface area contributed by atoms with Crippen LogP contribution in [0.15, 0.2) is 4.90 Å². The lowest BCUT2D eigenvalue weighted by atomic mass is 10.2. The molecule has 1 aromatic rings. The average Bonchev–Trinajstić information content (AvgIpc) is 2.68. The minimum Gasteiger partial charge on any atom is -0.382 e. The van der Waals surface area contributed by atoms with Gasteiger partial charge in [0.25, 0.3) is 0 Å². The van der Waals surface area contributed by atoms with Crippen molar-refractivity contribution in [3.63, 3.8) is 0 Å². The molecule has 1 heterocycles. The fourth-order valence-corrected chi connectivity index (χ4v) is 3.74. The summed E-state index contributed by atoms with van der Waals surface area (Å²) in [6.07, 6.45) is 0.895. The van der Waals surface area contributed by atoms with E-state index in [4.69, 9.17) is 5.73 Å². The van der Waals surface area contributed by atoms with Gasteiger partial charge in [0.2, 0.25) is 10.0 Å². The van der Waals surface area contributed by atoms with Crippen LogP contribution in [0.1, 0.15) is 13.3 Å². The van der Waals surface area contributed by atoms with E-state index >= 15 is 0 Å². The van der Waals surface area contributed by atoms with Crippen molar-refractivity contribution >= 4 is 32.4 Å². The second-order valence-electron chi connectivity index (χ2n) is 5.15. The Balaban J connectivity index is 2.93. The van der Waals surface area contributed by atoms with E-state index < -0.39 is 10.0 Å². The SMILES string of the molecule is CC(CCN(C)C)Nc1snc(N)c1S(=O)(=O)N(C)C. The summed E-state index contributed by atoms with van der Waals surface area (Å²) in [7, 11) is 3.37. The van der Waals surface area contributed by atoms with Crippen molar-refractivity contribution in [2.45, 2.75) is 24.3 Å². The predicted molar refractivity (Wildman–Crippen MR) is 83.7 cm³/mol. The van der Waals surface area contributed by atoms with Crippen LogP contribution in [-0.2, 0) is 10.0 Å². The van der Waals surface area contributed by atoms with Crippen LogP contribution in [-0.4, -0.2) is 62.8 Å². The quantitative estimate of drug-likeness (QED) is 0.769. The van der Waals surface area contributed by atoms with Crippen LogP contribution in [0, 0.1) is 0 Å². The van der Waals surface area contributed by atoms with Crippen LogP contribution >= 0.6 is 11.5 Å². The number of hydrogen-bond acceptors (Lipinski definition) is 7. The van der Waals surface area contributed by atoms with Gasteiger partial charge in [-0.3, -0.25) is 0 Å². The van der Waals surface area contributed by atoms with E-state index in [0.717, 1.165) is 28.8 Å². The maximum Gasteiger partial charge on any atom is 0.249 e. The van der Waals surface area contributed by atoms with Crippen molar-refractivity contribution in [2.24, 2.45) is 0 Å². The molecule has 1 rings (SSSR count). The Kier molecular flexibility index (Phi) is 5.75. The number of nitrogens with one attached hydrogen (secondary N) is 1. The fourth-order valence-electron chi connectivity index (χ4n) is 1.57. The van der Waals surface area contributed by atoms with Crippen molar-refractivity contribution in [1.29, 1.82) is 0 Å². The smallest absolute Gasteiger partial charge is 0.249 e. The van der Waals surface area contributed by atoms with Gasteiger partial charge < -0.3 is 16.0 Å². The van der Waals surface area contributed by atoms with Crippen molar-refractivity contribution < 1.29 is 8.42 Å². The molecule has 0 fully saturated rings. The monoisotopic (exact) mass is 321 g/mol. The van der Waals surface area contributed by atoms with Gasteiger partial charge >= 0.3 is 0 Å². The van der Waals surface area contributed by atoms with Crippen LogP contribution in [0.2, 0.25) is 0 Å². The van der Waals surface area contributed by atoms with Gasteiger partial charge in [0.05, 0.1) is 0 Å². The molecule has 20 heavy (non-hydrogen) atoms.